The minimum atomic E-state index is -0.307. The van der Waals surface area contributed by atoms with Gasteiger partial charge in [-0.3, -0.25) is 4.79 Å². The number of aromatic nitrogens is 2. The quantitative estimate of drug-likeness (QED) is 0.636. The van der Waals surface area contributed by atoms with Crippen LogP contribution in [0.2, 0.25) is 0 Å². The van der Waals surface area contributed by atoms with E-state index in [0.29, 0.717) is 35.0 Å². The van der Waals surface area contributed by atoms with Gasteiger partial charge in [-0.05, 0) is 30.3 Å². The van der Waals surface area contributed by atoms with Crippen molar-refractivity contribution in [1.29, 1.82) is 0 Å². The molecule has 0 aliphatic carbocycles. The molecule has 6 nitrogen and oxygen atoms in total. The molecular formula is C20H20FN3O3. The molecule has 0 radical (unpaired) electrons. The molecule has 3 aromatic rings. The molecule has 0 fully saturated rings. The van der Waals surface area contributed by atoms with E-state index in [1.165, 1.54) is 11.0 Å². The molecule has 0 saturated carbocycles. The van der Waals surface area contributed by atoms with Gasteiger partial charge in [-0.15, -0.1) is 0 Å². The van der Waals surface area contributed by atoms with Crippen LogP contribution in [0.25, 0.3) is 0 Å². The maximum absolute atomic E-state index is 13.6. The molecule has 3 rings (SSSR count). The first-order valence-corrected chi connectivity index (χ1v) is 8.60. The van der Waals surface area contributed by atoms with E-state index in [-0.39, 0.29) is 24.9 Å². The lowest BCUT2D eigenvalue weighted by Crippen LogP contribution is -2.26. The van der Waals surface area contributed by atoms with E-state index >= 15 is 0 Å². The van der Waals surface area contributed by atoms with Crippen LogP contribution < -0.4 is 4.74 Å². The number of halogens is 1. The van der Waals surface area contributed by atoms with Crippen LogP contribution in [-0.2, 0) is 19.6 Å². The minimum absolute atomic E-state index is 0.122. The third-order valence-corrected chi connectivity index (χ3v) is 4.00. The Bertz CT molecular complexity index is 909. The van der Waals surface area contributed by atoms with Crippen LogP contribution in [0.15, 0.2) is 53.1 Å². The fourth-order valence-corrected chi connectivity index (χ4v) is 2.46. The standard InChI is InChI=1S/C20H20FN3O3/c1-3-18-22-19(27-23-18)12-24(2)20(25)14-8-10-16(11-9-14)26-13-15-6-4-5-7-17(15)21/h4-11H,3,12-13H2,1-2H3. The summed E-state index contributed by atoms with van der Waals surface area (Å²) in [7, 11) is 1.67. The predicted molar refractivity (Wildman–Crippen MR) is 96.6 cm³/mol. The average molecular weight is 369 g/mol. The molecule has 1 aromatic heterocycles. The summed E-state index contributed by atoms with van der Waals surface area (Å²) >= 11 is 0. The van der Waals surface area contributed by atoms with Gasteiger partial charge in [0.15, 0.2) is 5.82 Å². The van der Waals surface area contributed by atoms with Crippen molar-refractivity contribution in [3.05, 3.63) is 77.2 Å². The number of amides is 1. The van der Waals surface area contributed by atoms with Crippen molar-refractivity contribution in [3.8, 4) is 5.75 Å². The normalized spacial score (nSPS) is 10.6. The molecule has 0 atom stereocenters. The molecule has 27 heavy (non-hydrogen) atoms. The Kier molecular flexibility index (Phi) is 5.80. The second-order valence-electron chi connectivity index (χ2n) is 6.02. The third-order valence-electron chi connectivity index (χ3n) is 4.00. The highest BCUT2D eigenvalue weighted by molar-refractivity contribution is 5.94. The van der Waals surface area contributed by atoms with Crippen molar-refractivity contribution in [2.24, 2.45) is 0 Å². The maximum Gasteiger partial charge on any atom is 0.254 e. The van der Waals surface area contributed by atoms with Gasteiger partial charge in [-0.25, -0.2) is 4.39 Å². The Morgan fingerprint density at radius 3 is 2.59 bits per heavy atom. The van der Waals surface area contributed by atoms with E-state index in [1.54, 1.807) is 49.5 Å². The number of ether oxygens (including phenoxy) is 1. The summed E-state index contributed by atoms with van der Waals surface area (Å²) in [6.45, 7) is 2.29. The summed E-state index contributed by atoms with van der Waals surface area (Å²) in [6.07, 6.45) is 0.676. The maximum atomic E-state index is 13.6. The Morgan fingerprint density at radius 1 is 1.19 bits per heavy atom. The van der Waals surface area contributed by atoms with Crippen LogP contribution in [-0.4, -0.2) is 28.0 Å². The van der Waals surface area contributed by atoms with Crippen molar-refractivity contribution in [2.75, 3.05) is 7.05 Å². The summed E-state index contributed by atoms with van der Waals surface area (Å²) < 4.78 is 24.3. The third kappa shape index (κ3) is 4.69. The summed E-state index contributed by atoms with van der Waals surface area (Å²) in [6, 6.07) is 13.2. The molecule has 0 unspecified atom stereocenters. The lowest BCUT2D eigenvalue weighted by molar-refractivity contribution is 0.0769. The first kappa shape index (κ1) is 18.6. The van der Waals surface area contributed by atoms with Crippen LogP contribution in [0, 0.1) is 5.82 Å². The van der Waals surface area contributed by atoms with Crippen LogP contribution in [0.1, 0.15) is 34.6 Å². The first-order valence-electron chi connectivity index (χ1n) is 8.60. The number of aryl methyl sites for hydroxylation is 1. The Hall–Kier alpha value is -3.22. The largest absolute Gasteiger partial charge is 0.489 e. The molecule has 1 amide bonds. The van der Waals surface area contributed by atoms with Crippen LogP contribution in [0.3, 0.4) is 0 Å². The molecule has 0 aliphatic rings. The van der Waals surface area contributed by atoms with E-state index in [0.717, 1.165) is 0 Å². The Morgan fingerprint density at radius 2 is 1.93 bits per heavy atom. The van der Waals surface area contributed by atoms with Gasteiger partial charge < -0.3 is 14.2 Å². The molecule has 0 aliphatic heterocycles. The highest BCUT2D eigenvalue weighted by atomic mass is 19.1. The molecule has 0 N–H and O–H groups in total. The number of benzene rings is 2. The first-order chi connectivity index (χ1) is 13.1. The molecule has 0 bridgehead atoms. The van der Waals surface area contributed by atoms with Crippen molar-refractivity contribution in [1.82, 2.24) is 15.0 Å². The summed E-state index contributed by atoms with van der Waals surface area (Å²) in [5.74, 6) is 1.08. The molecule has 0 saturated heterocycles. The van der Waals surface area contributed by atoms with Crippen molar-refractivity contribution >= 4 is 5.91 Å². The lowest BCUT2D eigenvalue weighted by atomic mass is 10.2. The van der Waals surface area contributed by atoms with Crippen LogP contribution in [0.4, 0.5) is 4.39 Å². The zero-order valence-electron chi connectivity index (χ0n) is 15.2. The minimum Gasteiger partial charge on any atom is -0.489 e. The number of carbonyl (C=O) groups excluding carboxylic acids is 1. The van der Waals surface area contributed by atoms with E-state index in [4.69, 9.17) is 9.26 Å². The molecule has 140 valence electrons. The van der Waals surface area contributed by atoms with Crippen molar-refractivity contribution in [3.63, 3.8) is 0 Å². The van der Waals surface area contributed by atoms with Crippen LogP contribution >= 0.6 is 0 Å². The van der Waals surface area contributed by atoms with Gasteiger partial charge in [0.05, 0.1) is 6.54 Å². The van der Waals surface area contributed by atoms with Gasteiger partial charge in [0.25, 0.3) is 5.91 Å². The van der Waals surface area contributed by atoms with E-state index in [2.05, 4.69) is 10.1 Å². The second kappa shape index (κ2) is 8.44. The van der Waals surface area contributed by atoms with Gasteiger partial charge >= 0.3 is 0 Å². The average Bonchev–Trinajstić information content (AvgIpc) is 3.15. The van der Waals surface area contributed by atoms with E-state index < -0.39 is 0 Å². The highest BCUT2D eigenvalue weighted by Gasteiger charge is 2.15. The van der Waals surface area contributed by atoms with Crippen molar-refractivity contribution < 1.29 is 18.4 Å². The number of hydrogen-bond acceptors (Lipinski definition) is 5. The fraction of sp³-hybridized carbons (Fsp3) is 0.250. The number of hydrogen-bond donors (Lipinski definition) is 0. The van der Waals surface area contributed by atoms with E-state index in [1.807, 2.05) is 6.92 Å². The Labute approximate surface area is 156 Å². The summed E-state index contributed by atoms with van der Waals surface area (Å²) in [5, 5.41) is 3.82. The van der Waals surface area contributed by atoms with Gasteiger partial charge in [0.2, 0.25) is 5.89 Å². The van der Waals surface area contributed by atoms with Gasteiger partial charge in [-0.2, -0.15) is 4.98 Å². The molecule has 2 aromatic carbocycles. The van der Waals surface area contributed by atoms with Gasteiger partial charge in [0.1, 0.15) is 18.2 Å². The molecule has 7 heteroatoms. The molecule has 1 heterocycles. The topological polar surface area (TPSA) is 68.5 Å². The fourth-order valence-electron chi connectivity index (χ4n) is 2.46. The highest BCUT2D eigenvalue weighted by Crippen LogP contribution is 2.17. The SMILES string of the molecule is CCc1noc(CN(C)C(=O)c2ccc(OCc3ccccc3F)cc2)n1. The predicted octanol–water partition coefficient (Wildman–Crippen LogP) is 3.62. The van der Waals surface area contributed by atoms with Gasteiger partial charge in [0, 0.05) is 24.6 Å². The number of rotatable bonds is 7. The Balaban J connectivity index is 1.58. The van der Waals surface area contributed by atoms with Crippen molar-refractivity contribution in [2.45, 2.75) is 26.5 Å². The van der Waals surface area contributed by atoms with Gasteiger partial charge in [-0.1, -0.05) is 30.3 Å². The lowest BCUT2D eigenvalue weighted by Gasteiger charge is -2.15. The number of carbonyl (C=O) groups is 1. The van der Waals surface area contributed by atoms with E-state index in [9.17, 15) is 9.18 Å². The molecular weight excluding hydrogens is 349 g/mol. The molecule has 0 spiro atoms. The number of nitrogens with zero attached hydrogens (tertiary/aromatic N) is 3. The monoisotopic (exact) mass is 369 g/mol. The van der Waals surface area contributed by atoms with Crippen LogP contribution in [0.5, 0.6) is 5.75 Å². The zero-order chi connectivity index (χ0) is 19.2. The smallest absolute Gasteiger partial charge is 0.254 e. The summed E-state index contributed by atoms with van der Waals surface area (Å²) in [4.78, 5) is 18.2. The second-order valence-corrected chi connectivity index (χ2v) is 6.02. The zero-order valence-corrected chi connectivity index (χ0v) is 15.2. The summed E-state index contributed by atoms with van der Waals surface area (Å²) in [5.41, 5.74) is 0.981.